The first-order valence-corrected chi connectivity index (χ1v) is 6.89. The molecular weight excluding hydrogens is 222 g/mol. The Hall–Kier alpha value is -0.240. The topological polar surface area (TPSA) is 29.1 Å². The predicted molar refractivity (Wildman–Crippen MR) is 68.7 cm³/mol. The summed E-state index contributed by atoms with van der Waals surface area (Å²) in [7, 11) is 0. The zero-order valence-electron chi connectivity index (χ0n) is 10.5. The van der Waals surface area contributed by atoms with E-state index in [9.17, 15) is 4.79 Å². The van der Waals surface area contributed by atoms with E-state index in [1.165, 1.54) is 25.7 Å². The molecule has 94 valence electrons. The van der Waals surface area contributed by atoms with Gasteiger partial charge in [-0.05, 0) is 30.6 Å². The van der Waals surface area contributed by atoms with Gasteiger partial charge >= 0.3 is 0 Å². The quantitative estimate of drug-likeness (QED) is 0.715. The summed E-state index contributed by atoms with van der Waals surface area (Å²) in [6, 6.07) is 0. The van der Waals surface area contributed by atoms with Gasteiger partial charge in [0.25, 0.3) is 0 Å². The highest BCUT2D eigenvalue weighted by atomic mass is 35.5. The van der Waals surface area contributed by atoms with Gasteiger partial charge < -0.3 is 5.32 Å². The van der Waals surface area contributed by atoms with Gasteiger partial charge in [0.05, 0.1) is 0 Å². The molecule has 2 nitrogen and oxygen atoms in total. The fraction of sp³-hybridized carbons (Fsp3) is 0.923. The standard InChI is InChI=1S/C13H24ClNO/c1-13(2,7-8-14)10-15-12(16)9-11-5-3-4-6-11/h11H,3-10H2,1-2H3,(H,15,16). The van der Waals surface area contributed by atoms with Gasteiger partial charge in [-0.2, -0.15) is 0 Å². The van der Waals surface area contributed by atoms with Crippen LogP contribution in [0.5, 0.6) is 0 Å². The minimum Gasteiger partial charge on any atom is -0.356 e. The largest absolute Gasteiger partial charge is 0.356 e. The van der Waals surface area contributed by atoms with E-state index in [4.69, 9.17) is 11.6 Å². The van der Waals surface area contributed by atoms with Crippen LogP contribution in [0.25, 0.3) is 0 Å². The first-order valence-electron chi connectivity index (χ1n) is 6.36. The van der Waals surface area contributed by atoms with Crippen molar-refractivity contribution in [1.29, 1.82) is 0 Å². The predicted octanol–water partition coefficient (Wildman–Crippen LogP) is 3.34. The smallest absolute Gasteiger partial charge is 0.220 e. The number of hydrogen-bond donors (Lipinski definition) is 1. The summed E-state index contributed by atoms with van der Waals surface area (Å²) < 4.78 is 0. The van der Waals surface area contributed by atoms with Crippen molar-refractivity contribution in [3.05, 3.63) is 0 Å². The van der Waals surface area contributed by atoms with Gasteiger partial charge in [-0.15, -0.1) is 11.6 Å². The molecule has 0 saturated heterocycles. The van der Waals surface area contributed by atoms with Crippen molar-refractivity contribution in [1.82, 2.24) is 5.32 Å². The molecule has 16 heavy (non-hydrogen) atoms. The molecule has 0 spiro atoms. The first-order chi connectivity index (χ1) is 7.53. The summed E-state index contributed by atoms with van der Waals surface area (Å²) in [5.41, 5.74) is 0.118. The van der Waals surface area contributed by atoms with Crippen molar-refractivity contribution in [3.8, 4) is 0 Å². The Balaban J connectivity index is 2.18. The average molecular weight is 246 g/mol. The maximum atomic E-state index is 11.7. The molecule has 0 heterocycles. The second-order valence-corrected chi connectivity index (χ2v) is 6.11. The first kappa shape index (κ1) is 13.8. The maximum absolute atomic E-state index is 11.7. The van der Waals surface area contributed by atoms with E-state index < -0.39 is 0 Å². The van der Waals surface area contributed by atoms with E-state index in [-0.39, 0.29) is 11.3 Å². The lowest BCUT2D eigenvalue weighted by molar-refractivity contribution is -0.122. The van der Waals surface area contributed by atoms with Crippen LogP contribution in [-0.4, -0.2) is 18.3 Å². The highest BCUT2D eigenvalue weighted by Gasteiger charge is 2.21. The second-order valence-electron chi connectivity index (χ2n) is 5.73. The molecule has 1 amide bonds. The lowest BCUT2D eigenvalue weighted by Gasteiger charge is -2.24. The Bertz CT molecular complexity index is 222. The summed E-state index contributed by atoms with van der Waals surface area (Å²) in [5, 5.41) is 3.04. The van der Waals surface area contributed by atoms with E-state index in [0.717, 1.165) is 19.4 Å². The summed E-state index contributed by atoms with van der Waals surface area (Å²) in [5.74, 6) is 1.51. The molecular formula is C13H24ClNO. The van der Waals surface area contributed by atoms with Crippen LogP contribution < -0.4 is 5.32 Å². The molecule has 1 aliphatic carbocycles. The number of rotatable bonds is 6. The average Bonchev–Trinajstić information content (AvgIpc) is 2.68. The van der Waals surface area contributed by atoms with Crippen LogP contribution in [0.2, 0.25) is 0 Å². The van der Waals surface area contributed by atoms with Gasteiger partial charge in [-0.3, -0.25) is 4.79 Å². The SMILES string of the molecule is CC(C)(CCCl)CNC(=O)CC1CCCC1. The Kier molecular flexibility index (Phi) is 5.60. The molecule has 0 atom stereocenters. The van der Waals surface area contributed by atoms with Gasteiger partial charge in [-0.25, -0.2) is 0 Å². The van der Waals surface area contributed by atoms with Crippen molar-refractivity contribution in [2.45, 2.75) is 52.4 Å². The zero-order valence-corrected chi connectivity index (χ0v) is 11.3. The molecule has 0 radical (unpaired) electrons. The van der Waals surface area contributed by atoms with Crippen LogP contribution in [0.3, 0.4) is 0 Å². The van der Waals surface area contributed by atoms with Crippen LogP contribution >= 0.6 is 11.6 Å². The molecule has 0 aromatic heterocycles. The minimum absolute atomic E-state index is 0.118. The molecule has 1 fully saturated rings. The summed E-state index contributed by atoms with van der Waals surface area (Å²) in [6.07, 6.45) is 6.73. The highest BCUT2D eigenvalue weighted by molar-refractivity contribution is 6.17. The normalized spacial score (nSPS) is 17.7. The molecule has 0 aromatic carbocycles. The third kappa shape index (κ3) is 5.20. The van der Waals surface area contributed by atoms with Crippen LogP contribution in [0.1, 0.15) is 52.4 Å². The molecule has 1 rings (SSSR count). The van der Waals surface area contributed by atoms with Crippen LogP contribution in [0.15, 0.2) is 0 Å². The number of amides is 1. The molecule has 3 heteroatoms. The zero-order chi connectivity index (χ0) is 12.0. The number of carbonyl (C=O) groups excluding carboxylic acids is 1. The van der Waals surface area contributed by atoms with Crippen molar-refractivity contribution in [2.75, 3.05) is 12.4 Å². The fourth-order valence-corrected chi connectivity index (χ4v) is 2.74. The molecule has 1 saturated carbocycles. The summed E-state index contributed by atoms with van der Waals surface area (Å²) in [6.45, 7) is 5.03. The molecule has 1 aliphatic rings. The van der Waals surface area contributed by atoms with Crippen molar-refractivity contribution < 1.29 is 4.79 Å². The number of halogens is 1. The monoisotopic (exact) mass is 245 g/mol. The van der Waals surface area contributed by atoms with Crippen LogP contribution in [0.4, 0.5) is 0 Å². The number of carbonyl (C=O) groups is 1. The number of nitrogens with one attached hydrogen (secondary N) is 1. The second kappa shape index (κ2) is 6.48. The summed E-state index contributed by atoms with van der Waals surface area (Å²) in [4.78, 5) is 11.7. The van der Waals surface area contributed by atoms with Crippen molar-refractivity contribution in [3.63, 3.8) is 0 Å². The van der Waals surface area contributed by atoms with Crippen LogP contribution in [0, 0.1) is 11.3 Å². The Morgan fingerprint density at radius 1 is 1.38 bits per heavy atom. The minimum atomic E-state index is 0.118. The van der Waals surface area contributed by atoms with E-state index in [1.54, 1.807) is 0 Å². The van der Waals surface area contributed by atoms with Crippen LogP contribution in [-0.2, 0) is 4.79 Å². The van der Waals surface area contributed by atoms with Gasteiger partial charge in [0, 0.05) is 18.8 Å². The number of alkyl halides is 1. The van der Waals surface area contributed by atoms with E-state index in [0.29, 0.717) is 11.8 Å². The Morgan fingerprint density at radius 2 is 2.00 bits per heavy atom. The lowest BCUT2D eigenvalue weighted by atomic mass is 9.90. The van der Waals surface area contributed by atoms with Gasteiger partial charge in [0.2, 0.25) is 5.91 Å². The van der Waals surface area contributed by atoms with E-state index in [2.05, 4.69) is 19.2 Å². The third-order valence-electron chi connectivity index (χ3n) is 3.48. The van der Waals surface area contributed by atoms with E-state index >= 15 is 0 Å². The highest BCUT2D eigenvalue weighted by Crippen LogP contribution is 2.27. The summed E-state index contributed by atoms with van der Waals surface area (Å²) >= 11 is 5.73. The third-order valence-corrected chi connectivity index (χ3v) is 3.67. The molecule has 0 aliphatic heterocycles. The molecule has 0 aromatic rings. The van der Waals surface area contributed by atoms with Crippen molar-refractivity contribution >= 4 is 17.5 Å². The fourth-order valence-electron chi connectivity index (χ4n) is 2.23. The molecule has 0 unspecified atom stereocenters. The Labute approximate surface area is 104 Å². The van der Waals surface area contributed by atoms with E-state index in [1.807, 2.05) is 0 Å². The van der Waals surface area contributed by atoms with Crippen molar-refractivity contribution in [2.24, 2.45) is 11.3 Å². The Morgan fingerprint density at radius 3 is 2.56 bits per heavy atom. The molecule has 0 bridgehead atoms. The molecule has 1 N–H and O–H groups in total. The maximum Gasteiger partial charge on any atom is 0.220 e. The lowest BCUT2D eigenvalue weighted by Crippen LogP contribution is -2.34. The van der Waals surface area contributed by atoms with Gasteiger partial charge in [-0.1, -0.05) is 26.7 Å². The van der Waals surface area contributed by atoms with Gasteiger partial charge in [0.1, 0.15) is 0 Å². The number of hydrogen-bond acceptors (Lipinski definition) is 1. The van der Waals surface area contributed by atoms with Gasteiger partial charge in [0.15, 0.2) is 0 Å².